The minimum atomic E-state index is -1.05. The second kappa shape index (κ2) is 8.84. The Kier molecular flexibility index (Phi) is 5.96. The lowest BCUT2D eigenvalue weighted by Crippen LogP contribution is -1.93. The average Bonchev–Trinajstić information content (AvgIpc) is 2.74. The van der Waals surface area contributed by atoms with Crippen molar-refractivity contribution in [1.82, 2.24) is 0 Å². The Labute approximate surface area is 182 Å². The Morgan fingerprint density at radius 3 is 1.97 bits per heavy atom. The second-order valence-electron chi connectivity index (χ2n) is 7.46. The van der Waals surface area contributed by atoms with Gasteiger partial charge in [-0.2, -0.15) is 0 Å². The smallest absolute Gasteiger partial charge is 0.159 e. The van der Waals surface area contributed by atoms with Gasteiger partial charge in [-0.15, -0.1) is 0 Å². The fraction of sp³-hybridized carbons (Fsp3) is 0.111. The van der Waals surface area contributed by atoms with Crippen molar-refractivity contribution in [2.24, 2.45) is 0 Å². The summed E-state index contributed by atoms with van der Waals surface area (Å²) in [6.45, 7) is 1.99. The minimum absolute atomic E-state index is 0.0506. The molecule has 4 rings (SSSR count). The lowest BCUT2D eigenvalue weighted by Gasteiger charge is -2.08. The molecule has 4 aromatic rings. The normalized spacial score (nSPS) is 10.8. The Hall–Kier alpha value is -3.65. The van der Waals surface area contributed by atoms with Gasteiger partial charge in [0.25, 0.3) is 0 Å². The maximum absolute atomic E-state index is 14.8. The summed E-state index contributed by atoms with van der Waals surface area (Å²) in [7, 11) is 0. The molecule has 0 aliphatic carbocycles. The SMILES string of the molecule is CCCc1ccc(C#Cc2cc(F)c(-c3ccc4cc(F)c(F)cc4c3)c(F)c2)c(F)c1. The first-order valence-corrected chi connectivity index (χ1v) is 10.0. The summed E-state index contributed by atoms with van der Waals surface area (Å²) in [5.74, 6) is 0.948. The third kappa shape index (κ3) is 4.36. The molecule has 160 valence electrons. The Balaban J connectivity index is 1.69. The summed E-state index contributed by atoms with van der Waals surface area (Å²) in [6, 6.07) is 13.1. The third-order valence-electron chi connectivity index (χ3n) is 5.12. The largest absolute Gasteiger partial charge is 0.206 e. The number of aryl methyl sites for hydroxylation is 1. The lowest BCUT2D eigenvalue weighted by atomic mass is 9.99. The van der Waals surface area contributed by atoms with Gasteiger partial charge in [-0.1, -0.05) is 43.4 Å². The van der Waals surface area contributed by atoms with Crippen molar-refractivity contribution in [1.29, 1.82) is 0 Å². The fourth-order valence-electron chi connectivity index (χ4n) is 3.56. The molecule has 0 nitrogen and oxygen atoms in total. The van der Waals surface area contributed by atoms with Crippen LogP contribution in [0.15, 0.2) is 60.7 Å². The van der Waals surface area contributed by atoms with Gasteiger partial charge in [-0.05, 0) is 70.8 Å². The van der Waals surface area contributed by atoms with Crippen molar-refractivity contribution in [3.05, 3.63) is 106 Å². The van der Waals surface area contributed by atoms with Gasteiger partial charge < -0.3 is 0 Å². The van der Waals surface area contributed by atoms with E-state index < -0.39 is 29.1 Å². The molecule has 0 atom stereocenters. The van der Waals surface area contributed by atoms with Crippen LogP contribution in [0.2, 0.25) is 0 Å². The maximum Gasteiger partial charge on any atom is 0.159 e. The Bertz CT molecular complexity index is 1370. The minimum Gasteiger partial charge on any atom is -0.206 e. The molecule has 0 heterocycles. The van der Waals surface area contributed by atoms with E-state index in [0.717, 1.165) is 42.7 Å². The van der Waals surface area contributed by atoms with Crippen LogP contribution in [0.3, 0.4) is 0 Å². The molecule has 0 bridgehead atoms. The highest BCUT2D eigenvalue weighted by Crippen LogP contribution is 2.30. The van der Waals surface area contributed by atoms with Gasteiger partial charge in [-0.25, -0.2) is 22.0 Å². The van der Waals surface area contributed by atoms with Crippen LogP contribution in [0.5, 0.6) is 0 Å². The summed E-state index contributed by atoms with van der Waals surface area (Å²) in [4.78, 5) is 0. The van der Waals surface area contributed by atoms with Gasteiger partial charge in [0.2, 0.25) is 0 Å². The predicted molar refractivity (Wildman–Crippen MR) is 116 cm³/mol. The molecule has 5 heteroatoms. The van der Waals surface area contributed by atoms with Crippen LogP contribution in [0.1, 0.15) is 30.0 Å². The van der Waals surface area contributed by atoms with Crippen molar-refractivity contribution < 1.29 is 22.0 Å². The molecule has 0 saturated heterocycles. The van der Waals surface area contributed by atoms with Crippen LogP contribution in [0.4, 0.5) is 22.0 Å². The summed E-state index contributed by atoms with van der Waals surface area (Å²) in [5, 5.41) is 0.717. The van der Waals surface area contributed by atoms with E-state index in [9.17, 15) is 22.0 Å². The van der Waals surface area contributed by atoms with Gasteiger partial charge in [0.15, 0.2) is 11.6 Å². The predicted octanol–water partition coefficient (Wildman–Crippen LogP) is 7.55. The average molecular weight is 436 g/mol. The van der Waals surface area contributed by atoms with Crippen molar-refractivity contribution in [2.75, 3.05) is 0 Å². The Morgan fingerprint density at radius 1 is 0.625 bits per heavy atom. The third-order valence-corrected chi connectivity index (χ3v) is 5.12. The van der Waals surface area contributed by atoms with Gasteiger partial charge in [-0.3, -0.25) is 0 Å². The van der Waals surface area contributed by atoms with Crippen molar-refractivity contribution in [3.8, 4) is 23.0 Å². The highest BCUT2D eigenvalue weighted by molar-refractivity contribution is 5.87. The molecule has 0 radical (unpaired) electrons. The second-order valence-corrected chi connectivity index (χ2v) is 7.46. The molecule has 0 unspecified atom stereocenters. The zero-order valence-corrected chi connectivity index (χ0v) is 17.1. The first-order chi connectivity index (χ1) is 15.4. The summed E-state index contributed by atoms with van der Waals surface area (Å²) in [6.07, 6.45) is 1.64. The van der Waals surface area contributed by atoms with Crippen molar-refractivity contribution >= 4 is 10.8 Å². The van der Waals surface area contributed by atoms with E-state index in [1.807, 2.05) is 6.92 Å². The highest BCUT2D eigenvalue weighted by atomic mass is 19.2. The van der Waals surface area contributed by atoms with E-state index in [1.54, 1.807) is 12.1 Å². The van der Waals surface area contributed by atoms with Gasteiger partial charge >= 0.3 is 0 Å². The topological polar surface area (TPSA) is 0 Å². The molecule has 0 saturated carbocycles. The van der Waals surface area contributed by atoms with E-state index in [-0.39, 0.29) is 22.3 Å². The monoisotopic (exact) mass is 436 g/mol. The molecule has 0 aliphatic rings. The van der Waals surface area contributed by atoms with E-state index >= 15 is 0 Å². The van der Waals surface area contributed by atoms with Crippen LogP contribution in [-0.4, -0.2) is 0 Å². The molecule has 0 N–H and O–H groups in total. The molecular weight excluding hydrogens is 419 g/mol. The van der Waals surface area contributed by atoms with Crippen LogP contribution < -0.4 is 0 Å². The van der Waals surface area contributed by atoms with Crippen molar-refractivity contribution in [2.45, 2.75) is 19.8 Å². The van der Waals surface area contributed by atoms with Gasteiger partial charge in [0.05, 0.1) is 11.1 Å². The number of hydrogen-bond donors (Lipinski definition) is 0. The lowest BCUT2D eigenvalue weighted by molar-refractivity contribution is 0.511. The van der Waals surface area contributed by atoms with Crippen molar-refractivity contribution in [3.63, 3.8) is 0 Å². The van der Waals surface area contributed by atoms with Gasteiger partial charge in [0, 0.05) is 5.56 Å². The van der Waals surface area contributed by atoms with E-state index in [0.29, 0.717) is 10.8 Å². The first-order valence-electron chi connectivity index (χ1n) is 10.0. The number of halogens is 5. The molecule has 0 aromatic heterocycles. The van der Waals surface area contributed by atoms with E-state index in [4.69, 9.17) is 0 Å². The summed E-state index contributed by atoms with van der Waals surface area (Å²) < 4.78 is 70.7. The number of rotatable bonds is 3. The molecule has 4 aromatic carbocycles. The van der Waals surface area contributed by atoms with E-state index in [2.05, 4.69) is 11.8 Å². The van der Waals surface area contributed by atoms with Crippen LogP contribution >= 0.6 is 0 Å². The standard InChI is InChI=1S/C27H17F5/c1-2-3-16-4-6-18(22(28)10-16)7-5-17-11-25(31)27(26(32)12-17)20-9-8-19-14-23(29)24(30)15-21(19)13-20/h4,6,8-15H,2-3H2,1H3. The van der Waals surface area contributed by atoms with Gasteiger partial charge in [0.1, 0.15) is 17.5 Å². The molecule has 0 amide bonds. The number of hydrogen-bond acceptors (Lipinski definition) is 0. The molecule has 0 aliphatic heterocycles. The number of fused-ring (bicyclic) bond motifs is 1. The maximum atomic E-state index is 14.8. The quantitative estimate of drug-likeness (QED) is 0.230. The fourth-order valence-corrected chi connectivity index (χ4v) is 3.56. The zero-order valence-electron chi connectivity index (χ0n) is 17.1. The van der Waals surface area contributed by atoms with E-state index in [1.165, 1.54) is 24.3 Å². The molecule has 0 fully saturated rings. The highest BCUT2D eigenvalue weighted by Gasteiger charge is 2.14. The van der Waals surface area contributed by atoms with Crippen LogP contribution in [-0.2, 0) is 6.42 Å². The molecule has 32 heavy (non-hydrogen) atoms. The summed E-state index contributed by atoms with van der Waals surface area (Å²) >= 11 is 0. The number of benzene rings is 4. The summed E-state index contributed by atoms with van der Waals surface area (Å²) in [5.41, 5.74) is 0.913. The molecular formula is C27H17F5. The molecule has 0 spiro atoms. The zero-order chi connectivity index (χ0) is 22.8. The van der Waals surface area contributed by atoms with Crippen LogP contribution in [0, 0.1) is 40.9 Å². The first kappa shape index (κ1) is 21.6. The Morgan fingerprint density at radius 2 is 1.31 bits per heavy atom. The van der Waals surface area contributed by atoms with Crippen LogP contribution in [0.25, 0.3) is 21.9 Å².